The summed E-state index contributed by atoms with van der Waals surface area (Å²) in [6.07, 6.45) is 17.6. The molecule has 103 heavy (non-hydrogen) atoms. The Labute approximate surface area is 647 Å². The molecule has 0 saturated carbocycles. The van der Waals surface area contributed by atoms with Crippen molar-refractivity contribution in [2.45, 2.75) is 104 Å². The summed E-state index contributed by atoms with van der Waals surface area (Å²) in [6.45, 7) is 9.80. The van der Waals surface area contributed by atoms with Crippen molar-refractivity contribution in [2.75, 3.05) is 47.8 Å². The fourth-order valence-corrected chi connectivity index (χ4v) is 9.27. The molecule has 3 unspecified atom stereocenters. The van der Waals surface area contributed by atoms with Gasteiger partial charge in [0.1, 0.15) is 40.2 Å². The van der Waals surface area contributed by atoms with Crippen LogP contribution in [0.2, 0.25) is 0 Å². The number of ether oxygens (including phenoxy) is 12. The van der Waals surface area contributed by atoms with Crippen molar-refractivity contribution in [2.24, 2.45) is 0 Å². The van der Waals surface area contributed by atoms with Gasteiger partial charge in [0.25, 0.3) is 0 Å². The predicted molar refractivity (Wildman–Crippen MR) is 380 cm³/mol. The van der Waals surface area contributed by atoms with E-state index in [1.165, 1.54) is 76.0 Å². The Kier molecular flexibility index (Phi) is 40.9. The fraction of sp³-hybridized carbons (Fsp3) is 0.295. The molecule has 3 fully saturated rings. The van der Waals surface area contributed by atoms with Gasteiger partial charge >= 0.3 is 93.2 Å². The minimum Gasteiger partial charge on any atom is -0.870 e. The van der Waals surface area contributed by atoms with Gasteiger partial charge in [-0.3, -0.25) is 0 Å². The maximum atomic E-state index is 12.4. The summed E-state index contributed by atoms with van der Waals surface area (Å²) in [7, 11) is 3.96. The Balaban J connectivity index is 0.000000340. The third kappa shape index (κ3) is 32.4. The van der Waals surface area contributed by atoms with Crippen molar-refractivity contribution < 1.29 is 163 Å². The van der Waals surface area contributed by atoms with E-state index in [1.54, 1.807) is 148 Å². The van der Waals surface area contributed by atoms with E-state index in [1.807, 2.05) is 13.0 Å². The minimum absolute atomic E-state index is 0. The molecule has 7 aromatic carbocycles. The minimum atomic E-state index is -0.930. The summed E-state index contributed by atoms with van der Waals surface area (Å²) in [5, 5.41) is 27.2. The van der Waals surface area contributed by atoms with Crippen LogP contribution in [0.1, 0.15) is 140 Å². The van der Waals surface area contributed by atoms with Crippen LogP contribution in [0.3, 0.4) is 0 Å². The quantitative estimate of drug-likeness (QED) is 0.0223. The van der Waals surface area contributed by atoms with E-state index >= 15 is 0 Å². The number of hydrogen-bond acceptors (Lipinski definition) is 22. The maximum absolute atomic E-state index is 12.4. The number of methoxy groups -OCH3 is 3. The first-order chi connectivity index (χ1) is 48.2. The monoisotopic (exact) mass is 1460 g/mol. The van der Waals surface area contributed by atoms with Gasteiger partial charge in [-0.25, -0.2) is 33.6 Å². The number of aromatic carboxylic acids is 1. The van der Waals surface area contributed by atoms with E-state index in [0.717, 1.165) is 110 Å². The van der Waals surface area contributed by atoms with Gasteiger partial charge in [0.2, 0.25) is 0 Å². The fourth-order valence-electron chi connectivity index (χ4n) is 9.27. The number of halogens is 1. The van der Waals surface area contributed by atoms with Crippen LogP contribution in [0.25, 0.3) is 18.2 Å². The molecule has 10 rings (SSSR count). The second kappa shape index (κ2) is 47.9. The summed E-state index contributed by atoms with van der Waals surface area (Å²) in [5.41, 5.74) is 6.32. The van der Waals surface area contributed by atoms with E-state index < -0.39 is 35.8 Å². The molecule has 3 aliphatic rings. The number of carboxylic acid groups (broad SMARTS) is 1. The maximum Gasteiger partial charge on any atom is 1.00 e. The molecule has 0 aliphatic carbocycles. The van der Waals surface area contributed by atoms with Crippen LogP contribution in [0.15, 0.2) is 170 Å². The average molecular weight is 1470 g/mol. The Hall–Kier alpha value is -9.18. The van der Waals surface area contributed by atoms with Gasteiger partial charge in [0.05, 0.1) is 70.0 Å². The van der Waals surface area contributed by atoms with Gasteiger partial charge in [0, 0.05) is 37.5 Å². The number of rotatable bonds is 19. The summed E-state index contributed by atoms with van der Waals surface area (Å²) in [4.78, 5) is 79.6. The van der Waals surface area contributed by atoms with Crippen molar-refractivity contribution in [3.63, 3.8) is 0 Å². The molecule has 4 N–H and O–H groups in total. The zero-order valence-corrected chi connectivity index (χ0v) is 62.7. The van der Waals surface area contributed by atoms with Crippen LogP contribution in [-0.2, 0) is 47.5 Å². The van der Waals surface area contributed by atoms with Crippen LogP contribution in [0.4, 0.5) is 0 Å². The molecule has 3 heterocycles. The van der Waals surface area contributed by atoms with Gasteiger partial charge in [0.15, 0.2) is 18.9 Å². The summed E-state index contributed by atoms with van der Waals surface area (Å²) >= 11 is 0. The second-order valence-corrected chi connectivity index (χ2v) is 22.3. The number of benzene rings is 7. The first-order valence-electron chi connectivity index (χ1n) is 32.3. The molecule has 3 atom stereocenters. The van der Waals surface area contributed by atoms with E-state index in [4.69, 9.17) is 47.7 Å². The standard InChI is InChI=1S/C23H24O6.C18H16O5.C14H18O4.C12H14O4.C11H12O3.ClH.K.H2O/c1-16-15-17(7-13-21(24)26-2)6-12-20(16)29-23(25)18-8-10-19(11-9-18)28-22-5-3-4-14-27-22;1-12-11-13(4-10-17(20)22-2)3-9-16(12)23-18(21)14-5-7-15(19)8-6-14;1-2-16-14(15)11-6-8-12(9-7-11)18-13-5-3-4-10-17-13;13-12(14)9-4-6-10(7-5-9)16-11-3-1-2-8-15-11;1-8-7-9(3-5-10(8)12)4-6-11(13)14-2;;;/h6-13,15,22H,3-5,14H2,1-2H3;3-11,19H,1-2H3;6-9,13H,2-5,10H2,1H3;4-7,11H,1-3,8H2,(H,13,14);3-7,12H,1-2H3;1H;;1H2/q;;;;;;+1;/p-1/b13-7+;10-4+;;;6-4+;;;. The first-order valence-corrected chi connectivity index (χ1v) is 32.3. The van der Waals surface area contributed by atoms with Gasteiger partial charge < -0.3 is 77.6 Å². The molecule has 3 aliphatic heterocycles. The Morgan fingerprint density at radius 3 is 1.06 bits per heavy atom. The Morgan fingerprint density at radius 1 is 0.437 bits per heavy atom. The topological polar surface area (TPSA) is 321 Å². The number of carbonyl (C=O) groups is 7. The number of phenolic OH excluding ortho intramolecular Hbond substituents is 2. The van der Waals surface area contributed by atoms with Crippen molar-refractivity contribution >= 4 is 72.4 Å². The number of aromatic hydroxyl groups is 2. The molecule has 0 bridgehead atoms. The van der Waals surface area contributed by atoms with E-state index in [9.17, 15) is 43.8 Å². The van der Waals surface area contributed by atoms with Crippen molar-refractivity contribution in [3.8, 4) is 40.2 Å². The molecule has 544 valence electrons. The molecule has 3 saturated heterocycles. The van der Waals surface area contributed by atoms with Crippen molar-refractivity contribution in [1.29, 1.82) is 0 Å². The number of carbonyl (C=O) groups excluding carboxylic acids is 6. The van der Waals surface area contributed by atoms with Crippen LogP contribution in [0, 0.1) is 20.8 Å². The van der Waals surface area contributed by atoms with E-state index in [-0.39, 0.29) is 111 Å². The number of esters is 6. The molecular weight excluding hydrogens is 1380 g/mol. The molecule has 7 aromatic rings. The zero-order chi connectivity index (χ0) is 72.2. The largest absolute Gasteiger partial charge is 1.00 e. The van der Waals surface area contributed by atoms with E-state index in [2.05, 4.69) is 14.2 Å². The van der Waals surface area contributed by atoms with Crippen molar-refractivity contribution in [3.05, 3.63) is 226 Å². The summed E-state index contributed by atoms with van der Waals surface area (Å²) in [5.74, 6) is -0.213. The molecule has 25 heteroatoms. The second-order valence-electron chi connectivity index (χ2n) is 22.3. The number of carboxylic acids is 1. The van der Waals surface area contributed by atoms with Gasteiger partial charge in [-0.2, -0.15) is 0 Å². The van der Waals surface area contributed by atoms with Gasteiger partial charge in [-0.1, -0.05) is 18.2 Å². The number of phenols is 2. The first kappa shape index (κ1) is 88.0. The Morgan fingerprint density at radius 2 is 0.757 bits per heavy atom. The molecule has 0 amide bonds. The smallest absolute Gasteiger partial charge is 0.870 e. The third-order valence-corrected chi connectivity index (χ3v) is 14.7. The number of hydrogen-bond donors (Lipinski definition) is 3. The summed E-state index contributed by atoms with van der Waals surface area (Å²) in [6, 6.07) is 41.5. The molecule has 0 radical (unpaired) electrons. The van der Waals surface area contributed by atoms with Crippen molar-refractivity contribution in [1.82, 2.24) is 0 Å². The SMILES string of the molecule is CCOC(=O)c1ccc(OC2CCCCO2)cc1.COC(=O)/C=C/c1ccc(O)c(C)c1.COC(=O)/C=C/c1ccc(OC(=O)c2ccc(O)cc2)c(C)c1.COC(=O)/C=C/c1ccc(OC(=O)c2ccc(OC3CCCCO3)cc2)c(C)c1.Cl.O=C(O)c1ccc(OC2CCCCO2)cc1.[K+].[OH-]. The van der Waals surface area contributed by atoms with Crippen LogP contribution in [0.5, 0.6) is 40.2 Å². The van der Waals surface area contributed by atoms with E-state index in [0.29, 0.717) is 52.9 Å². The number of aryl methyl sites for hydroxylation is 3. The van der Waals surface area contributed by atoms with Crippen LogP contribution >= 0.6 is 12.4 Å². The predicted octanol–water partition coefficient (Wildman–Crippen LogP) is 11.6. The summed E-state index contributed by atoms with van der Waals surface area (Å²) < 4.78 is 62.8. The average Bonchev–Trinajstić information content (AvgIpc) is 0.859. The molecular formula is C78H86ClKO23. The third-order valence-electron chi connectivity index (χ3n) is 14.7. The normalized spacial score (nSPS) is 14.9. The van der Waals surface area contributed by atoms with Gasteiger partial charge in [-0.15, -0.1) is 12.4 Å². The van der Waals surface area contributed by atoms with Gasteiger partial charge in [-0.05, 0) is 251 Å². The zero-order valence-electron chi connectivity index (χ0n) is 58.8. The molecule has 23 nitrogen and oxygen atoms in total. The van der Waals surface area contributed by atoms with Crippen LogP contribution in [-0.4, -0.2) is 129 Å². The molecule has 0 spiro atoms. The van der Waals surface area contributed by atoms with Crippen LogP contribution < -0.4 is 75.1 Å². The molecule has 0 aromatic heterocycles. The Bertz CT molecular complexity index is 3870.